The number of hydrogen-bond donors (Lipinski definition) is 2. The van der Waals surface area contributed by atoms with E-state index >= 15 is 0 Å². The summed E-state index contributed by atoms with van der Waals surface area (Å²) in [6.07, 6.45) is 0. The van der Waals surface area contributed by atoms with Gasteiger partial charge in [-0.25, -0.2) is 10.2 Å². The topological polar surface area (TPSA) is 96.5 Å². The number of urea groups is 1. The molecule has 134 valence electrons. The zero-order valence-corrected chi connectivity index (χ0v) is 14.5. The number of piperazine rings is 1. The highest BCUT2D eigenvalue weighted by Gasteiger charge is 2.22. The minimum absolute atomic E-state index is 0.143. The number of aromatic nitrogens is 2. The molecule has 3 aromatic rings. The predicted molar refractivity (Wildman–Crippen MR) is 99.6 cm³/mol. The summed E-state index contributed by atoms with van der Waals surface area (Å²) in [5, 5.41) is 6.77. The third-order valence-electron chi connectivity index (χ3n) is 4.79. The molecule has 8 nitrogen and oxygen atoms in total. The Kier molecular flexibility index (Phi) is 3.96. The van der Waals surface area contributed by atoms with E-state index < -0.39 is 5.91 Å². The Morgan fingerprint density at radius 3 is 2.50 bits per heavy atom. The number of rotatable bonds is 2. The lowest BCUT2D eigenvalue weighted by Gasteiger charge is -2.32. The number of carbonyl (C=O) groups is 2. The van der Waals surface area contributed by atoms with Crippen LogP contribution in [0.1, 0.15) is 10.5 Å². The first-order chi connectivity index (χ1) is 12.5. The largest absolute Gasteiger partial charge is 0.364 e. The van der Waals surface area contributed by atoms with Crippen molar-refractivity contribution < 1.29 is 9.59 Å². The molecular weight excluding hydrogens is 332 g/mol. The van der Waals surface area contributed by atoms with Gasteiger partial charge in [-0.1, -0.05) is 30.3 Å². The van der Waals surface area contributed by atoms with Gasteiger partial charge in [0, 0.05) is 37.0 Å². The van der Waals surface area contributed by atoms with E-state index in [1.54, 1.807) is 4.90 Å². The van der Waals surface area contributed by atoms with Crippen molar-refractivity contribution in [1.29, 1.82) is 0 Å². The molecule has 3 N–H and O–H groups in total. The third-order valence-corrected chi connectivity index (χ3v) is 4.79. The molecule has 1 aliphatic rings. The molecule has 4 rings (SSSR count). The standard InChI is InChI=1S/C18H20N6O2/c1-22-8-10-23(11-9-22)18(26)21-24-16-13-5-3-2-4-12(13)6-7-14(16)15(20-24)17(19)25/h2-7H,8-11H2,1H3,(H2,19,25)(H,21,26). The highest BCUT2D eigenvalue weighted by atomic mass is 16.2. The van der Waals surface area contributed by atoms with Crippen molar-refractivity contribution in [3.63, 3.8) is 0 Å². The second-order valence-electron chi connectivity index (χ2n) is 6.51. The molecule has 0 saturated carbocycles. The van der Waals surface area contributed by atoms with Crippen molar-refractivity contribution in [3.05, 3.63) is 42.1 Å². The van der Waals surface area contributed by atoms with Crippen molar-refractivity contribution in [3.8, 4) is 0 Å². The van der Waals surface area contributed by atoms with Crippen LogP contribution in [0.5, 0.6) is 0 Å². The lowest BCUT2D eigenvalue weighted by Crippen LogP contribution is -2.50. The molecule has 1 aromatic heterocycles. The minimum Gasteiger partial charge on any atom is -0.364 e. The molecule has 0 aliphatic carbocycles. The number of amides is 3. The molecule has 0 unspecified atom stereocenters. The van der Waals surface area contributed by atoms with Gasteiger partial charge in [-0.2, -0.15) is 4.79 Å². The predicted octanol–water partition coefficient (Wildman–Crippen LogP) is 1.20. The van der Waals surface area contributed by atoms with Crippen molar-refractivity contribution in [2.45, 2.75) is 0 Å². The van der Waals surface area contributed by atoms with Crippen LogP contribution in [0.2, 0.25) is 0 Å². The van der Waals surface area contributed by atoms with Crippen molar-refractivity contribution >= 4 is 33.6 Å². The quantitative estimate of drug-likeness (QED) is 0.724. The van der Waals surface area contributed by atoms with E-state index in [1.165, 1.54) is 4.79 Å². The van der Waals surface area contributed by atoms with E-state index in [9.17, 15) is 9.59 Å². The summed E-state index contributed by atoms with van der Waals surface area (Å²) in [6.45, 7) is 2.93. The Balaban J connectivity index is 1.77. The number of likely N-dealkylation sites (N-methyl/N-ethyl adjacent to an activating group) is 1. The van der Waals surface area contributed by atoms with E-state index in [1.807, 2.05) is 43.4 Å². The monoisotopic (exact) mass is 352 g/mol. The fraction of sp³-hybridized carbons (Fsp3) is 0.278. The van der Waals surface area contributed by atoms with E-state index in [0.717, 1.165) is 23.9 Å². The minimum atomic E-state index is -0.627. The summed E-state index contributed by atoms with van der Waals surface area (Å²) in [7, 11) is 2.03. The number of nitrogens with one attached hydrogen (secondary N) is 1. The molecule has 1 aliphatic heterocycles. The fourth-order valence-corrected chi connectivity index (χ4v) is 3.31. The van der Waals surface area contributed by atoms with Crippen LogP contribution >= 0.6 is 0 Å². The van der Waals surface area contributed by atoms with Gasteiger partial charge < -0.3 is 15.5 Å². The smallest absolute Gasteiger partial charge is 0.337 e. The Labute approximate surface area is 150 Å². The second-order valence-corrected chi connectivity index (χ2v) is 6.51. The zero-order chi connectivity index (χ0) is 18.3. The maximum Gasteiger partial charge on any atom is 0.337 e. The van der Waals surface area contributed by atoms with Crippen molar-refractivity contribution in [2.24, 2.45) is 5.73 Å². The summed E-state index contributed by atoms with van der Waals surface area (Å²) in [4.78, 5) is 29.7. The Bertz CT molecular complexity index is 1000. The molecule has 2 heterocycles. The third kappa shape index (κ3) is 2.74. The van der Waals surface area contributed by atoms with Gasteiger partial charge in [-0.05, 0) is 18.5 Å². The fourth-order valence-electron chi connectivity index (χ4n) is 3.31. The number of benzene rings is 2. The average Bonchev–Trinajstić information content (AvgIpc) is 3.01. The van der Waals surface area contributed by atoms with E-state index in [2.05, 4.69) is 15.4 Å². The van der Waals surface area contributed by atoms with Gasteiger partial charge >= 0.3 is 6.03 Å². The van der Waals surface area contributed by atoms with Gasteiger partial charge in [-0.15, -0.1) is 5.10 Å². The van der Waals surface area contributed by atoms with E-state index in [0.29, 0.717) is 24.0 Å². The van der Waals surface area contributed by atoms with E-state index in [4.69, 9.17) is 5.73 Å². The van der Waals surface area contributed by atoms with Gasteiger partial charge in [0.05, 0.1) is 0 Å². The highest BCUT2D eigenvalue weighted by molar-refractivity contribution is 6.13. The van der Waals surface area contributed by atoms with Gasteiger partial charge in [0.2, 0.25) is 0 Å². The van der Waals surface area contributed by atoms with E-state index in [-0.39, 0.29) is 11.7 Å². The Morgan fingerprint density at radius 1 is 1.04 bits per heavy atom. The van der Waals surface area contributed by atoms with Crippen LogP contribution in [0.4, 0.5) is 4.79 Å². The first-order valence-electron chi connectivity index (χ1n) is 8.49. The molecule has 8 heteroatoms. The van der Waals surface area contributed by atoms with Crippen LogP contribution in [0.3, 0.4) is 0 Å². The van der Waals surface area contributed by atoms with Crippen LogP contribution in [0.15, 0.2) is 36.4 Å². The summed E-state index contributed by atoms with van der Waals surface area (Å²) in [5.74, 6) is -0.627. The van der Waals surface area contributed by atoms with Crippen LogP contribution in [0.25, 0.3) is 21.7 Å². The molecule has 0 spiro atoms. The molecule has 0 bridgehead atoms. The summed E-state index contributed by atoms with van der Waals surface area (Å²) >= 11 is 0. The molecule has 3 amide bonds. The molecule has 26 heavy (non-hydrogen) atoms. The summed E-state index contributed by atoms with van der Waals surface area (Å²) < 4.78 is 0. The van der Waals surface area contributed by atoms with Crippen molar-refractivity contribution in [1.82, 2.24) is 19.7 Å². The van der Waals surface area contributed by atoms with Gasteiger partial charge in [0.25, 0.3) is 5.91 Å². The van der Waals surface area contributed by atoms with Crippen LogP contribution in [-0.4, -0.2) is 64.9 Å². The van der Waals surface area contributed by atoms with Gasteiger partial charge in [0.1, 0.15) is 5.52 Å². The number of fused-ring (bicyclic) bond motifs is 3. The maximum absolute atomic E-state index is 12.7. The number of nitrogens with two attached hydrogens (primary N) is 1. The Morgan fingerprint density at radius 2 is 1.77 bits per heavy atom. The second kappa shape index (κ2) is 6.30. The van der Waals surface area contributed by atoms with Crippen molar-refractivity contribution in [2.75, 3.05) is 38.7 Å². The van der Waals surface area contributed by atoms with Crippen LogP contribution in [0, 0.1) is 0 Å². The normalized spacial score (nSPS) is 15.5. The van der Waals surface area contributed by atoms with Crippen LogP contribution < -0.4 is 11.2 Å². The summed E-state index contributed by atoms with van der Waals surface area (Å²) in [6, 6.07) is 11.2. The average molecular weight is 352 g/mol. The molecule has 0 radical (unpaired) electrons. The van der Waals surface area contributed by atoms with Gasteiger partial charge in [-0.3, -0.25) is 4.79 Å². The Hall–Kier alpha value is -3.13. The number of hydrogen-bond acceptors (Lipinski definition) is 4. The molecule has 1 fully saturated rings. The number of carbonyl (C=O) groups excluding carboxylic acids is 2. The zero-order valence-electron chi connectivity index (χ0n) is 14.5. The first-order valence-corrected chi connectivity index (χ1v) is 8.49. The highest BCUT2D eigenvalue weighted by Crippen LogP contribution is 2.27. The van der Waals surface area contributed by atoms with Crippen LogP contribution in [-0.2, 0) is 0 Å². The summed E-state index contributed by atoms with van der Waals surface area (Å²) in [5.41, 5.74) is 9.09. The number of nitrogens with zero attached hydrogens (tertiary/aromatic N) is 4. The molecular formula is C18H20N6O2. The maximum atomic E-state index is 12.7. The molecule has 1 saturated heterocycles. The lowest BCUT2D eigenvalue weighted by atomic mass is 10.1. The number of primary amides is 1. The SMILES string of the molecule is CN1CCN(C(=O)Nn2nc(C(N)=O)c3ccc4ccccc4c32)CC1. The molecule has 2 aromatic carbocycles. The van der Waals surface area contributed by atoms with Gasteiger partial charge in [0.15, 0.2) is 5.69 Å². The first kappa shape index (κ1) is 16.3. The molecule has 0 atom stereocenters. The lowest BCUT2D eigenvalue weighted by molar-refractivity contribution is 0.0996.